The lowest BCUT2D eigenvalue weighted by Crippen LogP contribution is -2.38. The van der Waals surface area contributed by atoms with Crippen LogP contribution in [0, 0.1) is 5.92 Å². The summed E-state index contributed by atoms with van der Waals surface area (Å²) in [5.74, 6) is 0.788. The molecule has 0 unspecified atom stereocenters. The zero-order valence-corrected chi connectivity index (χ0v) is 11.1. The van der Waals surface area contributed by atoms with E-state index in [1.807, 2.05) is 18.2 Å². The Morgan fingerprint density at radius 1 is 1.26 bits per heavy atom. The Morgan fingerprint density at radius 3 is 2.79 bits per heavy atom. The minimum atomic E-state index is -0.0516. The fourth-order valence-electron chi connectivity index (χ4n) is 2.51. The number of nitrogens with zero attached hydrogens (tertiary/aromatic N) is 4. The zero-order chi connectivity index (χ0) is 13.2. The topological polar surface area (TPSA) is 51.0 Å². The lowest BCUT2D eigenvalue weighted by Gasteiger charge is -2.29. The summed E-state index contributed by atoms with van der Waals surface area (Å²) in [5, 5.41) is 8.78. The van der Waals surface area contributed by atoms with E-state index in [4.69, 9.17) is 0 Å². The van der Waals surface area contributed by atoms with Crippen LogP contribution in [0.3, 0.4) is 0 Å². The average molecular weight is 258 g/mol. The van der Waals surface area contributed by atoms with Gasteiger partial charge in [-0.05, 0) is 30.9 Å². The molecule has 0 bridgehead atoms. The number of aromatic nitrogens is 3. The Bertz CT molecular complexity index is 629. The molecule has 19 heavy (non-hydrogen) atoms. The molecule has 0 radical (unpaired) electrons. The first-order valence-corrected chi connectivity index (χ1v) is 6.79. The third-order valence-corrected chi connectivity index (χ3v) is 3.84. The SMILES string of the molecule is CC1CCN(Cn2nnc3ccccc3c2=O)CC1. The Hall–Kier alpha value is -1.75. The predicted molar refractivity (Wildman–Crippen MR) is 73.8 cm³/mol. The lowest BCUT2D eigenvalue weighted by molar-refractivity contribution is 0.142. The summed E-state index contributed by atoms with van der Waals surface area (Å²) < 4.78 is 1.47. The summed E-state index contributed by atoms with van der Waals surface area (Å²) in [5.41, 5.74) is 0.611. The first-order chi connectivity index (χ1) is 9.24. The number of likely N-dealkylation sites (tertiary alicyclic amines) is 1. The molecule has 1 fully saturated rings. The van der Waals surface area contributed by atoms with E-state index in [0.717, 1.165) is 19.0 Å². The van der Waals surface area contributed by atoms with E-state index in [9.17, 15) is 4.79 Å². The summed E-state index contributed by atoms with van der Waals surface area (Å²) in [7, 11) is 0. The maximum absolute atomic E-state index is 12.3. The van der Waals surface area contributed by atoms with Gasteiger partial charge < -0.3 is 0 Å². The maximum atomic E-state index is 12.3. The molecule has 5 heteroatoms. The van der Waals surface area contributed by atoms with Crippen molar-refractivity contribution in [3.05, 3.63) is 34.6 Å². The van der Waals surface area contributed by atoms with E-state index in [0.29, 0.717) is 17.6 Å². The molecule has 1 aromatic carbocycles. The van der Waals surface area contributed by atoms with Gasteiger partial charge in [0.25, 0.3) is 5.56 Å². The normalized spacial score (nSPS) is 17.9. The Morgan fingerprint density at radius 2 is 2.00 bits per heavy atom. The molecule has 100 valence electrons. The second-order valence-corrected chi connectivity index (χ2v) is 5.35. The van der Waals surface area contributed by atoms with Gasteiger partial charge in [0.1, 0.15) is 5.52 Å². The largest absolute Gasteiger partial charge is 0.284 e. The van der Waals surface area contributed by atoms with E-state index < -0.39 is 0 Å². The van der Waals surface area contributed by atoms with E-state index >= 15 is 0 Å². The van der Waals surface area contributed by atoms with Crippen LogP contribution in [0.4, 0.5) is 0 Å². The molecular formula is C14H18N4O. The third kappa shape index (κ3) is 2.51. The molecule has 3 rings (SSSR count). The number of hydrogen-bond acceptors (Lipinski definition) is 4. The third-order valence-electron chi connectivity index (χ3n) is 3.84. The van der Waals surface area contributed by atoms with Gasteiger partial charge in [-0.25, -0.2) is 0 Å². The summed E-state index contributed by atoms with van der Waals surface area (Å²) in [6.07, 6.45) is 2.38. The van der Waals surface area contributed by atoms with Gasteiger partial charge in [-0.15, -0.1) is 5.10 Å². The fourth-order valence-corrected chi connectivity index (χ4v) is 2.51. The van der Waals surface area contributed by atoms with Crippen molar-refractivity contribution in [3.8, 4) is 0 Å². The highest BCUT2D eigenvalue weighted by Crippen LogP contribution is 2.16. The quantitative estimate of drug-likeness (QED) is 0.818. The van der Waals surface area contributed by atoms with Crippen molar-refractivity contribution in [3.63, 3.8) is 0 Å². The van der Waals surface area contributed by atoms with Gasteiger partial charge in [0.15, 0.2) is 0 Å². The number of hydrogen-bond donors (Lipinski definition) is 0. The molecule has 1 aromatic heterocycles. The number of fused-ring (bicyclic) bond motifs is 1. The van der Waals surface area contributed by atoms with Crippen LogP contribution < -0.4 is 5.56 Å². The van der Waals surface area contributed by atoms with Gasteiger partial charge in [0, 0.05) is 13.1 Å². The summed E-state index contributed by atoms with van der Waals surface area (Å²) in [4.78, 5) is 14.6. The van der Waals surface area contributed by atoms with Crippen molar-refractivity contribution in [2.45, 2.75) is 26.4 Å². The van der Waals surface area contributed by atoms with Gasteiger partial charge >= 0.3 is 0 Å². The van der Waals surface area contributed by atoms with Crippen molar-refractivity contribution in [2.24, 2.45) is 5.92 Å². The highest BCUT2D eigenvalue weighted by atomic mass is 16.1. The van der Waals surface area contributed by atoms with Gasteiger partial charge in [0.2, 0.25) is 0 Å². The second-order valence-electron chi connectivity index (χ2n) is 5.35. The molecule has 2 heterocycles. The van der Waals surface area contributed by atoms with Crippen molar-refractivity contribution in [1.82, 2.24) is 19.9 Å². The van der Waals surface area contributed by atoms with Crippen LogP contribution in [0.5, 0.6) is 0 Å². The molecule has 0 N–H and O–H groups in total. The van der Waals surface area contributed by atoms with Gasteiger partial charge in [-0.3, -0.25) is 9.69 Å². The highest BCUT2D eigenvalue weighted by molar-refractivity contribution is 5.76. The van der Waals surface area contributed by atoms with E-state index in [1.54, 1.807) is 6.07 Å². The molecular weight excluding hydrogens is 240 g/mol. The standard InChI is InChI=1S/C14H18N4O/c1-11-6-8-17(9-7-11)10-18-14(19)12-4-2-3-5-13(12)15-16-18/h2-5,11H,6-10H2,1H3. The highest BCUT2D eigenvalue weighted by Gasteiger charge is 2.17. The average Bonchev–Trinajstić information content (AvgIpc) is 2.45. The molecule has 0 atom stereocenters. The predicted octanol–water partition coefficient (Wildman–Crippen LogP) is 1.48. The van der Waals surface area contributed by atoms with Crippen LogP contribution in [0.15, 0.2) is 29.1 Å². The maximum Gasteiger partial charge on any atom is 0.278 e. The molecule has 0 spiro atoms. The van der Waals surface area contributed by atoms with Crippen LogP contribution >= 0.6 is 0 Å². The van der Waals surface area contributed by atoms with Crippen LogP contribution in [-0.4, -0.2) is 33.0 Å². The molecule has 0 amide bonds. The van der Waals surface area contributed by atoms with Crippen LogP contribution in [0.1, 0.15) is 19.8 Å². The molecule has 1 aliphatic heterocycles. The smallest absolute Gasteiger partial charge is 0.278 e. The van der Waals surface area contributed by atoms with Crippen molar-refractivity contribution < 1.29 is 0 Å². The molecule has 0 saturated carbocycles. The Kier molecular flexibility index (Phi) is 3.29. The first-order valence-electron chi connectivity index (χ1n) is 6.79. The summed E-state index contributed by atoms with van der Waals surface area (Å²) >= 11 is 0. The molecule has 2 aromatic rings. The van der Waals surface area contributed by atoms with Crippen LogP contribution in [-0.2, 0) is 6.67 Å². The van der Waals surface area contributed by atoms with Crippen molar-refractivity contribution >= 4 is 10.9 Å². The minimum absolute atomic E-state index is 0.0516. The van der Waals surface area contributed by atoms with Crippen molar-refractivity contribution in [2.75, 3.05) is 13.1 Å². The fraction of sp³-hybridized carbons (Fsp3) is 0.500. The minimum Gasteiger partial charge on any atom is -0.284 e. The van der Waals surface area contributed by atoms with Crippen LogP contribution in [0.2, 0.25) is 0 Å². The molecule has 1 saturated heterocycles. The van der Waals surface area contributed by atoms with Crippen molar-refractivity contribution in [1.29, 1.82) is 0 Å². The summed E-state index contributed by atoms with van der Waals surface area (Å²) in [6.45, 7) is 4.88. The number of rotatable bonds is 2. The summed E-state index contributed by atoms with van der Waals surface area (Å²) in [6, 6.07) is 7.35. The van der Waals surface area contributed by atoms with Gasteiger partial charge in [-0.2, -0.15) is 4.68 Å². The molecule has 5 nitrogen and oxygen atoms in total. The zero-order valence-electron chi connectivity index (χ0n) is 11.1. The van der Waals surface area contributed by atoms with Gasteiger partial charge in [0.05, 0.1) is 12.1 Å². The number of benzene rings is 1. The monoisotopic (exact) mass is 258 g/mol. The van der Waals surface area contributed by atoms with Crippen LogP contribution in [0.25, 0.3) is 10.9 Å². The first kappa shape index (κ1) is 12.3. The van der Waals surface area contributed by atoms with Gasteiger partial charge in [-0.1, -0.05) is 24.3 Å². The van der Waals surface area contributed by atoms with E-state index in [-0.39, 0.29) is 5.56 Å². The lowest BCUT2D eigenvalue weighted by atomic mass is 10.00. The van der Waals surface area contributed by atoms with E-state index in [1.165, 1.54) is 17.5 Å². The molecule has 1 aliphatic rings. The Balaban J connectivity index is 1.85. The number of piperidine rings is 1. The Labute approximate surface area is 111 Å². The second kappa shape index (κ2) is 5.09. The van der Waals surface area contributed by atoms with E-state index in [2.05, 4.69) is 22.1 Å². The molecule has 0 aliphatic carbocycles.